The standard InChI is InChI=1S/C24H50O4S.K/c1-3-4-5-6-7-8-9-10-11-12-13-14-15-16-17-18-19-20-24(29(26,27)28)22-21-23(2)25;/h23-25H,3-22H2,1-2H3,(H,26,27,28);/q;+1/p-1. The van der Waals surface area contributed by atoms with E-state index in [0.717, 1.165) is 19.3 Å². The van der Waals surface area contributed by atoms with Gasteiger partial charge < -0.3 is 9.66 Å². The average Bonchev–Trinajstić information content (AvgIpc) is 2.65. The Labute approximate surface area is 230 Å². The van der Waals surface area contributed by atoms with Crippen LogP contribution in [-0.4, -0.2) is 29.4 Å². The molecule has 2 unspecified atom stereocenters. The fraction of sp³-hybridized carbons (Fsp3) is 1.00. The first kappa shape index (κ1) is 33.7. The molecule has 0 amide bonds. The Balaban J connectivity index is 0. The van der Waals surface area contributed by atoms with E-state index in [1.54, 1.807) is 6.92 Å². The Morgan fingerprint density at radius 1 is 0.633 bits per heavy atom. The van der Waals surface area contributed by atoms with Crippen LogP contribution in [0.3, 0.4) is 0 Å². The summed E-state index contributed by atoms with van der Waals surface area (Å²) in [6.07, 6.45) is 22.5. The van der Waals surface area contributed by atoms with E-state index in [4.69, 9.17) is 0 Å². The van der Waals surface area contributed by atoms with Gasteiger partial charge in [0.1, 0.15) is 0 Å². The summed E-state index contributed by atoms with van der Waals surface area (Å²) in [6.45, 7) is 3.90. The van der Waals surface area contributed by atoms with Gasteiger partial charge in [0.05, 0.1) is 16.2 Å². The van der Waals surface area contributed by atoms with E-state index >= 15 is 0 Å². The van der Waals surface area contributed by atoms with Crippen molar-refractivity contribution >= 4 is 10.1 Å². The second-order valence-electron chi connectivity index (χ2n) is 8.99. The quantitative estimate of drug-likeness (QED) is 0.146. The molecule has 0 radical (unpaired) electrons. The molecule has 0 saturated carbocycles. The van der Waals surface area contributed by atoms with Crippen LogP contribution in [0, 0.1) is 0 Å². The summed E-state index contributed by atoms with van der Waals surface area (Å²) < 4.78 is 33.9. The number of hydrogen-bond acceptors (Lipinski definition) is 4. The molecule has 0 rings (SSSR count). The maximum absolute atomic E-state index is 11.3. The van der Waals surface area contributed by atoms with Crippen LogP contribution >= 0.6 is 0 Å². The molecule has 0 heterocycles. The van der Waals surface area contributed by atoms with E-state index in [2.05, 4.69) is 6.92 Å². The largest absolute Gasteiger partial charge is 1.00 e. The SMILES string of the molecule is CCCCCCCCCCCCCCCCCCCC(CCC(C)O)S(=O)(=O)[O-].[K+]. The third-order valence-corrected chi connectivity index (χ3v) is 7.23. The first-order valence-corrected chi connectivity index (χ1v) is 14.0. The zero-order valence-corrected chi connectivity index (χ0v) is 24.3. The smallest absolute Gasteiger partial charge is 0.748 e. The van der Waals surface area contributed by atoms with Gasteiger partial charge in [-0.2, -0.15) is 0 Å². The minimum Gasteiger partial charge on any atom is -0.748 e. The number of aliphatic hydroxyl groups is 1. The molecule has 0 bridgehead atoms. The van der Waals surface area contributed by atoms with E-state index in [0.29, 0.717) is 12.8 Å². The molecule has 0 saturated heterocycles. The Hall–Kier alpha value is 1.51. The van der Waals surface area contributed by atoms with E-state index in [1.165, 1.54) is 89.9 Å². The minimum absolute atomic E-state index is 0. The van der Waals surface area contributed by atoms with Crippen LogP contribution in [0.4, 0.5) is 0 Å². The molecular weight excluding hydrogens is 423 g/mol. The van der Waals surface area contributed by atoms with Gasteiger partial charge in [-0.05, 0) is 26.2 Å². The maximum Gasteiger partial charge on any atom is 1.00 e. The van der Waals surface area contributed by atoms with Crippen molar-refractivity contribution < 1.29 is 69.5 Å². The molecule has 6 heteroatoms. The molecule has 30 heavy (non-hydrogen) atoms. The molecule has 0 fully saturated rings. The summed E-state index contributed by atoms with van der Waals surface area (Å²) >= 11 is 0. The first-order chi connectivity index (χ1) is 13.9. The van der Waals surface area contributed by atoms with Gasteiger partial charge >= 0.3 is 51.4 Å². The molecular formula is C24H49KO4S. The molecule has 1 N–H and O–H groups in total. The van der Waals surface area contributed by atoms with Gasteiger partial charge in [0, 0.05) is 5.25 Å². The molecule has 0 aromatic rings. The van der Waals surface area contributed by atoms with Gasteiger partial charge in [-0.25, -0.2) is 8.42 Å². The van der Waals surface area contributed by atoms with Crippen molar-refractivity contribution in [2.75, 3.05) is 0 Å². The van der Waals surface area contributed by atoms with Crippen molar-refractivity contribution in [2.24, 2.45) is 0 Å². The number of unbranched alkanes of at least 4 members (excludes halogenated alkanes) is 16. The summed E-state index contributed by atoms with van der Waals surface area (Å²) in [5, 5.41) is 8.46. The molecule has 0 aliphatic carbocycles. The molecule has 2 atom stereocenters. The number of aliphatic hydroxyl groups excluding tert-OH is 1. The van der Waals surface area contributed by atoms with Crippen LogP contribution in [0.2, 0.25) is 0 Å². The topological polar surface area (TPSA) is 77.4 Å². The van der Waals surface area contributed by atoms with Crippen molar-refractivity contribution in [1.82, 2.24) is 0 Å². The molecule has 4 nitrogen and oxygen atoms in total. The van der Waals surface area contributed by atoms with Crippen LogP contribution in [0.15, 0.2) is 0 Å². The Kier molecular flexibility index (Phi) is 26.6. The van der Waals surface area contributed by atoms with Gasteiger partial charge in [0.15, 0.2) is 0 Å². The molecule has 176 valence electrons. The first-order valence-electron chi connectivity index (χ1n) is 12.5. The number of hydrogen-bond donors (Lipinski definition) is 1. The predicted molar refractivity (Wildman–Crippen MR) is 123 cm³/mol. The minimum atomic E-state index is -4.24. The van der Waals surface area contributed by atoms with Crippen LogP contribution < -0.4 is 51.4 Å². The average molecular weight is 473 g/mol. The molecule has 0 aromatic carbocycles. The molecule has 0 spiro atoms. The second-order valence-corrected chi connectivity index (χ2v) is 10.6. The van der Waals surface area contributed by atoms with Crippen molar-refractivity contribution in [2.45, 2.75) is 154 Å². The van der Waals surface area contributed by atoms with E-state index < -0.39 is 21.5 Å². The summed E-state index contributed by atoms with van der Waals surface area (Å²) in [5.41, 5.74) is 0. The van der Waals surface area contributed by atoms with E-state index in [1.807, 2.05) is 0 Å². The van der Waals surface area contributed by atoms with Crippen molar-refractivity contribution in [3.8, 4) is 0 Å². The fourth-order valence-electron chi connectivity index (χ4n) is 3.96. The zero-order valence-electron chi connectivity index (χ0n) is 20.4. The maximum atomic E-state index is 11.3. The van der Waals surface area contributed by atoms with Crippen LogP contribution in [0.1, 0.15) is 142 Å². The van der Waals surface area contributed by atoms with Gasteiger partial charge in [-0.3, -0.25) is 0 Å². The van der Waals surface area contributed by atoms with Crippen molar-refractivity contribution in [1.29, 1.82) is 0 Å². The van der Waals surface area contributed by atoms with Crippen LogP contribution in [-0.2, 0) is 10.1 Å². The van der Waals surface area contributed by atoms with Crippen molar-refractivity contribution in [3.05, 3.63) is 0 Å². The normalized spacial score (nSPS) is 13.7. The fourth-order valence-corrected chi connectivity index (χ4v) is 4.84. The van der Waals surface area contributed by atoms with E-state index in [-0.39, 0.29) is 57.8 Å². The van der Waals surface area contributed by atoms with Gasteiger partial charge in [0.2, 0.25) is 0 Å². The van der Waals surface area contributed by atoms with E-state index in [9.17, 15) is 18.1 Å². The number of rotatable bonds is 22. The molecule has 0 aliphatic rings. The Bertz CT molecular complexity index is 440. The van der Waals surface area contributed by atoms with Gasteiger partial charge in [0.25, 0.3) is 0 Å². The Morgan fingerprint density at radius 3 is 1.27 bits per heavy atom. The third kappa shape index (κ3) is 24.2. The summed E-state index contributed by atoms with van der Waals surface area (Å²) in [7, 11) is -4.24. The Morgan fingerprint density at radius 2 is 0.967 bits per heavy atom. The van der Waals surface area contributed by atoms with Gasteiger partial charge in [-0.15, -0.1) is 0 Å². The predicted octanol–water partition coefficient (Wildman–Crippen LogP) is 4.11. The summed E-state index contributed by atoms with van der Waals surface area (Å²) in [4.78, 5) is 0. The molecule has 0 aliphatic heterocycles. The van der Waals surface area contributed by atoms with Crippen LogP contribution in [0.5, 0.6) is 0 Å². The summed E-state index contributed by atoms with van der Waals surface area (Å²) in [6, 6.07) is 0. The third-order valence-electron chi connectivity index (χ3n) is 5.94. The summed E-state index contributed by atoms with van der Waals surface area (Å²) in [5.74, 6) is 0. The zero-order chi connectivity index (χ0) is 21.8. The van der Waals surface area contributed by atoms with Gasteiger partial charge in [-0.1, -0.05) is 116 Å². The van der Waals surface area contributed by atoms with Crippen LogP contribution in [0.25, 0.3) is 0 Å². The van der Waals surface area contributed by atoms with Crippen molar-refractivity contribution in [3.63, 3.8) is 0 Å². The second kappa shape index (κ2) is 23.7. The monoisotopic (exact) mass is 472 g/mol. The molecule has 0 aromatic heterocycles.